The van der Waals surface area contributed by atoms with E-state index in [0.29, 0.717) is 5.82 Å². The number of rotatable bonds is 7. The summed E-state index contributed by atoms with van der Waals surface area (Å²) in [6.07, 6.45) is 0. The lowest BCUT2D eigenvalue weighted by Crippen LogP contribution is -1.97. The smallest absolute Gasteiger partial charge is 0.160 e. The number of pyridine rings is 1. The van der Waals surface area contributed by atoms with Gasteiger partial charge in [-0.15, -0.1) is 0 Å². The fourth-order valence-electron chi connectivity index (χ4n) is 8.88. The van der Waals surface area contributed by atoms with Crippen molar-refractivity contribution in [2.24, 2.45) is 0 Å². The second-order valence-corrected chi connectivity index (χ2v) is 15.6. The van der Waals surface area contributed by atoms with E-state index >= 15 is 0 Å². The summed E-state index contributed by atoms with van der Waals surface area (Å²) in [5.74, 6) is 0.665. The zero-order valence-electron chi connectivity index (χ0n) is 33.5. The fourth-order valence-corrected chi connectivity index (χ4v) is 8.88. The lowest BCUT2D eigenvalue weighted by Gasteiger charge is -2.12. The summed E-state index contributed by atoms with van der Waals surface area (Å²) < 4.78 is 8.34. The van der Waals surface area contributed by atoms with Gasteiger partial charge in [-0.1, -0.05) is 194 Å². The minimum Gasteiger partial charge on any atom is -0.456 e. The normalized spacial score (nSPS) is 11.5. The van der Waals surface area contributed by atoms with Crippen LogP contribution in [0.3, 0.4) is 0 Å². The van der Waals surface area contributed by atoms with Crippen LogP contribution in [0.15, 0.2) is 223 Å². The summed E-state index contributed by atoms with van der Waals surface area (Å²) in [4.78, 5) is 10.4. The van der Waals surface area contributed by atoms with Crippen LogP contribution in [0.4, 0.5) is 0 Å². The van der Waals surface area contributed by atoms with Crippen molar-refractivity contribution in [3.05, 3.63) is 218 Å². The second-order valence-electron chi connectivity index (χ2n) is 15.6. The van der Waals surface area contributed by atoms with E-state index in [1.54, 1.807) is 0 Å². The fraction of sp³-hybridized carbons (Fsp3) is 0. The Hall–Kier alpha value is -8.41. The van der Waals surface area contributed by atoms with Gasteiger partial charge in [-0.2, -0.15) is 5.10 Å². The molecule has 12 rings (SSSR count). The number of nitrogens with zero attached hydrogens (tertiary/aromatic N) is 4. The maximum Gasteiger partial charge on any atom is 0.160 e. The van der Waals surface area contributed by atoms with E-state index in [1.165, 1.54) is 0 Å². The van der Waals surface area contributed by atoms with Gasteiger partial charge in [0.1, 0.15) is 16.9 Å². The van der Waals surface area contributed by atoms with Crippen LogP contribution < -0.4 is 0 Å². The van der Waals surface area contributed by atoms with Crippen LogP contribution in [0.25, 0.3) is 117 Å². The maximum absolute atomic E-state index is 6.20. The van der Waals surface area contributed by atoms with Gasteiger partial charge in [0.05, 0.1) is 22.6 Å². The monoisotopic (exact) mass is 792 g/mol. The molecule has 0 N–H and O–H groups in total. The Bertz CT molecular complexity index is 3590. The summed E-state index contributed by atoms with van der Waals surface area (Å²) in [5, 5.41) is 9.94. The van der Waals surface area contributed by atoms with Crippen molar-refractivity contribution < 1.29 is 4.42 Å². The highest BCUT2D eigenvalue weighted by Crippen LogP contribution is 2.42. The average Bonchev–Trinajstić information content (AvgIpc) is 3.95. The number of fused-ring (bicyclic) bond motifs is 6. The lowest BCUT2D eigenvalue weighted by atomic mass is 9.97. The van der Waals surface area contributed by atoms with Crippen molar-refractivity contribution in [1.29, 1.82) is 0 Å². The van der Waals surface area contributed by atoms with Crippen molar-refractivity contribution in [1.82, 2.24) is 19.6 Å². The molecule has 4 aromatic heterocycles. The number of furan rings is 1. The third-order valence-electron chi connectivity index (χ3n) is 11.9. The highest BCUT2D eigenvalue weighted by Gasteiger charge is 2.22. The number of benzene rings is 8. The summed E-state index contributed by atoms with van der Waals surface area (Å²) in [6.45, 7) is 0. The number of aromatic nitrogens is 4. The van der Waals surface area contributed by atoms with Gasteiger partial charge in [0.15, 0.2) is 5.82 Å². The summed E-state index contributed by atoms with van der Waals surface area (Å²) >= 11 is 0. The molecule has 0 radical (unpaired) electrons. The van der Waals surface area contributed by atoms with E-state index in [4.69, 9.17) is 19.5 Å². The predicted molar refractivity (Wildman–Crippen MR) is 254 cm³/mol. The summed E-state index contributed by atoms with van der Waals surface area (Å²) in [7, 11) is 0. The molecule has 0 atom stereocenters. The highest BCUT2D eigenvalue weighted by atomic mass is 16.3. The molecule has 8 aromatic carbocycles. The Labute approximate surface area is 357 Å². The van der Waals surface area contributed by atoms with Crippen molar-refractivity contribution in [2.45, 2.75) is 0 Å². The zero-order valence-corrected chi connectivity index (χ0v) is 33.5. The quantitative estimate of drug-likeness (QED) is 0.161. The molecule has 0 aliphatic carbocycles. The van der Waals surface area contributed by atoms with Gasteiger partial charge in [0.2, 0.25) is 0 Å². The van der Waals surface area contributed by atoms with Crippen molar-refractivity contribution in [3.8, 4) is 78.7 Å². The van der Waals surface area contributed by atoms with Crippen LogP contribution in [0, 0.1) is 0 Å². The lowest BCUT2D eigenvalue weighted by molar-refractivity contribution is 0.669. The van der Waals surface area contributed by atoms with Crippen molar-refractivity contribution in [3.63, 3.8) is 0 Å². The van der Waals surface area contributed by atoms with Crippen LogP contribution >= 0.6 is 0 Å². The number of para-hydroxylation sites is 1. The predicted octanol–water partition coefficient (Wildman–Crippen LogP) is 14.8. The molecule has 5 nitrogen and oxygen atoms in total. The summed E-state index contributed by atoms with van der Waals surface area (Å²) in [6, 6.07) is 76.1. The molecule has 5 heteroatoms. The highest BCUT2D eigenvalue weighted by molar-refractivity contribution is 6.12. The van der Waals surface area contributed by atoms with E-state index in [2.05, 4.69) is 187 Å². The first-order valence-electron chi connectivity index (χ1n) is 20.9. The van der Waals surface area contributed by atoms with Crippen LogP contribution in [0.5, 0.6) is 0 Å². The Balaban J connectivity index is 0.971. The maximum atomic E-state index is 6.20. The summed E-state index contributed by atoms with van der Waals surface area (Å²) in [5.41, 5.74) is 16.1. The third-order valence-corrected chi connectivity index (χ3v) is 11.9. The molecule has 0 spiro atoms. The molecule has 0 unspecified atom stereocenters. The van der Waals surface area contributed by atoms with Gasteiger partial charge in [0, 0.05) is 49.5 Å². The topological polar surface area (TPSA) is 56.2 Å². The van der Waals surface area contributed by atoms with Crippen LogP contribution in [-0.4, -0.2) is 19.6 Å². The minimum absolute atomic E-state index is 0.665. The standard InChI is InChI=1S/C57H36N4O/c1-4-15-38(16-5-1)48-36-49(59-57(58-48)43-33-27-37(28-34-43)45-24-14-26-52-54(45)47-23-12-13-25-51(47)62-52)39-29-31-40(32-30-39)50-35-44-21-10-11-22-46(44)56-53(41-17-6-2-7-18-41)55(60-61(50)56)42-19-8-3-9-20-42/h1-36H. The van der Waals surface area contributed by atoms with Gasteiger partial charge < -0.3 is 4.42 Å². The average molecular weight is 793 g/mol. The van der Waals surface area contributed by atoms with Gasteiger partial charge in [-0.25, -0.2) is 14.5 Å². The molecule has 4 heterocycles. The second kappa shape index (κ2) is 14.7. The van der Waals surface area contributed by atoms with E-state index in [0.717, 1.165) is 111 Å². The Morgan fingerprint density at radius 3 is 1.66 bits per heavy atom. The molecule has 0 amide bonds. The molecule has 290 valence electrons. The Morgan fingerprint density at radius 2 is 0.935 bits per heavy atom. The first-order chi connectivity index (χ1) is 30.7. The van der Waals surface area contributed by atoms with Crippen LogP contribution in [0.1, 0.15) is 0 Å². The first-order valence-corrected chi connectivity index (χ1v) is 20.9. The van der Waals surface area contributed by atoms with Gasteiger partial charge in [-0.05, 0) is 46.3 Å². The molecule has 0 fully saturated rings. The van der Waals surface area contributed by atoms with Crippen molar-refractivity contribution >= 4 is 38.2 Å². The number of hydrogen-bond donors (Lipinski definition) is 0. The Kier molecular flexibility index (Phi) is 8.42. The van der Waals surface area contributed by atoms with Crippen molar-refractivity contribution in [2.75, 3.05) is 0 Å². The number of hydrogen-bond acceptors (Lipinski definition) is 4. The van der Waals surface area contributed by atoms with E-state index in [1.807, 2.05) is 36.4 Å². The molecule has 0 saturated heterocycles. The van der Waals surface area contributed by atoms with E-state index in [9.17, 15) is 0 Å². The van der Waals surface area contributed by atoms with E-state index < -0.39 is 0 Å². The SMILES string of the molecule is c1ccc(-c2cc(-c3ccc(-c4cc5ccccc5c5c(-c6ccccc6)c(-c6ccccc6)nn45)cc3)nc(-c3ccc(-c4cccc5oc6ccccc6c45)cc3)n2)cc1. The van der Waals surface area contributed by atoms with E-state index in [-0.39, 0.29) is 0 Å². The largest absolute Gasteiger partial charge is 0.456 e. The van der Waals surface area contributed by atoms with Gasteiger partial charge >= 0.3 is 0 Å². The zero-order chi connectivity index (χ0) is 41.0. The first kappa shape index (κ1) is 35.5. The molecular formula is C57H36N4O. The van der Waals surface area contributed by atoms with Crippen LogP contribution in [0.2, 0.25) is 0 Å². The van der Waals surface area contributed by atoms with Gasteiger partial charge in [-0.3, -0.25) is 0 Å². The molecule has 0 aliphatic heterocycles. The molecule has 0 saturated carbocycles. The van der Waals surface area contributed by atoms with Crippen LogP contribution in [-0.2, 0) is 0 Å². The molecular weight excluding hydrogens is 757 g/mol. The minimum atomic E-state index is 0.665. The molecule has 12 aromatic rings. The molecule has 0 aliphatic rings. The third kappa shape index (κ3) is 6.06. The Morgan fingerprint density at radius 1 is 0.387 bits per heavy atom. The molecule has 0 bridgehead atoms. The van der Waals surface area contributed by atoms with Gasteiger partial charge in [0.25, 0.3) is 0 Å². The molecule has 62 heavy (non-hydrogen) atoms.